The summed E-state index contributed by atoms with van der Waals surface area (Å²) in [6.07, 6.45) is 0.272. The fraction of sp³-hybridized carbons (Fsp3) is 0.462. The number of anilines is 1. The van der Waals surface area contributed by atoms with E-state index < -0.39 is 9.05 Å². The fourth-order valence-electron chi connectivity index (χ4n) is 1.73. The third-order valence-electron chi connectivity index (χ3n) is 2.63. The second-order valence-electron chi connectivity index (χ2n) is 5.89. The first-order valence-electron chi connectivity index (χ1n) is 6.06. The molecule has 0 spiro atoms. The van der Waals surface area contributed by atoms with Crippen molar-refractivity contribution in [3.63, 3.8) is 0 Å². The van der Waals surface area contributed by atoms with Gasteiger partial charge in [0, 0.05) is 17.1 Å². The maximum atomic E-state index is 12.0. The quantitative estimate of drug-likeness (QED) is 0.788. The third kappa shape index (κ3) is 5.02. The Morgan fingerprint density at radius 2 is 1.81 bits per heavy atom. The van der Waals surface area contributed by atoms with Gasteiger partial charge in [0.25, 0.3) is 9.05 Å². The van der Waals surface area contributed by atoms with E-state index in [1.807, 2.05) is 20.8 Å². The highest BCUT2D eigenvalue weighted by Crippen LogP contribution is 2.38. The Labute approximate surface area is 139 Å². The molecule has 118 valence electrons. The molecule has 1 N–H and O–H groups in total. The molecule has 0 aliphatic heterocycles. The average molecular weight is 373 g/mol. The predicted octanol–water partition coefficient (Wildman–Crippen LogP) is 4.60. The number of carbonyl (C=O) groups excluding carboxylic acids is 1. The molecule has 0 aromatic heterocycles. The zero-order valence-electron chi connectivity index (χ0n) is 12.1. The van der Waals surface area contributed by atoms with E-state index in [0.717, 1.165) is 0 Å². The Balaban J connectivity index is 3.23. The van der Waals surface area contributed by atoms with E-state index in [2.05, 4.69) is 5.32 Å². The normalized spacial score (nSPS) is 12.3. The summed E-state index contributed by atoms with van der Waals surface area (Å²) in [6.45, 7) is 7.26. The van der Waals surface area contributed by atoms with Crippen LogP contribution in [0, 0.1) is 12.3 Å². The van der Waals surface area contributed by atoms with Crippen molar-refractivity contribution in [2.75, 3.05) is 5.32 Å². The summed E-state index contributed by atoms with van der Waals surface area (Å²) < 4.78 is 22.9. The molecule has 8 heteroatoms. The van der Waals surface area contributed by atoms with Gasteiger partial charge in [0.05, 0.1) is 20.6 Å². The number of hydrogen-bond acceptors (Lipinski definition) is 3. The second-order valence-corrected chi connectivity index (χ2v) is 9.21. The number of halogens is 3. The summed E-state index contributed by atoms with van der Waals surface area (Å²) in [4.78, 5) is 11.8. The van der Waals surface area contributed by atoms with Crippen molar-refractivity contribution in [1.29, 1.82) is 0 Å². The first-order chi connectivity index (χ1) is 9.33. The zero-order valence-corrected chi connectivity index (χ0v) is 15.1. The number of benzene rings is 1. The van der Waals surface area contributed by atoms with Gasteiger partial charge in [-0.25, -0.2) is 8.42 Å². The van der Waals surface area contributed by atoms with Gasteiger partial charge in [0.15, 0.2) is 0 Å². The largest absolute Gasteiger partial charge is 0.324 e. The maximum Gasteiger partial charge on any atom is 0.261 e. The molecule has 0 fully saturated rings. The molecular formula is C13H16Cl3NO3S. The number of hydrogen-bond donors (Lipinski definition) is 1. The molecule has 0 saturated heterocycles. The lowest BCUT2D eigenvalue weighted by atomic mass is 9.92. The molecular weight excluding hydrogens is 357 g/mol. The van der Waals surface area contributed by atoms with E-state index >= 15 is 0 Å². The highest BCUT2D eigenvalue weighted by Gasteiger charge is 2.23. The molecule has 0 atom stereocenters. The van der Waals surface area contributed by atoms with Crippen molar-refractivity contribution in [3.05, 3.63) is 21.7 Å². The number of carbonyl (C=O) groups is 1. The molecule has 1 amide bonds. The molecule has 0 saturated carbocycles. The van der Waals surface area contributed by atoms with Crippen molar-refractivity contribution < 1.29 is 13.2 Å². The summed E-state index contributed by atoms with van der Waals surface area (Å²) >= 11 is 12.1. The molecule has 0 unspecified atom stereocenters. The van der Waals surface area contributed by atoms with Crippen LogP contribution in [0.15, 0.2) is 11.0 Å². The maximum absolute atomic E-state index is 12.0. The van der Waals surface area contributed by atoms with Crippen LogP contribution >= 0.6 is 33.9 Å². The predicted molar refractivity (Wildman–Crippen MR) is 86.9 cm³/mol. The van der Waals surface area contributed by atoms with E-state index in [0.29, 0.717) is 0 Å². The first kappa shape index (κ1) is 18.6. The SMILES string of the molecule is Cc1c(S(=O)(=O)Cl)cc(Cl)c(NC(=O)CC(C)(C)C)c1Cl. The van der Waals surface area contributed by atoms with Gasteiger partial charge in [0.2, 0.25) is 5.91 Å². The van der Waals surface area contributed by atoms with Gasteiger partial charge < -0.3 is 5.32 Å². The lowest BCUT2D eigenvalue weighted by Gasteiger charge is -2.19. The minimum Gasteiger partial charge on any atom is -0.324 e. The van der Waals surface area contributed by atoms with Crippen LogP contribution < -0.4 is 5.32 Å². The van der Waals surface area contributed by atoms with E-state index in [-0.39, 0.29) is 43.9 Å². The smallest absolute Gasteiger partial charge is 0.261 e. The molecule has 1 rings (SSSR count). The van der Waals surface area contributed by atoms with E-state index in [9.17, 15) is 13.2 Å². The van der Waals surface area contributed by atoms with E-state index in [4.69, 9.17) is 33.9 Å². The fourth-order valence-corrected chi connectivity index (χ4v) is 3.61. The summed E-state index contributed by atoms with van der Waals surface area (Å²) in [5, 5.41) is 2.69. The van der Waals surface area contributed by atoms with Gasteiger partial charge >= 0.3 is 0 Å². The van der Waals surface area contributed by atoms with Gasteiger partial charge in [0.1, 0.15) is 0 Å². The molecule has 1 aromatic rings. The summed E-state index contributed by atoms with van der Waals surface area (Å²) in [7, 11) is 1.36. The van der Waals surface area contributed by atoms with Gasteiger partial charge in [-0.3, -0.25) is 4.79 Å². The van der Waals surface area contributed by atoms with Crippen LogP contribution in [0.3, 0.4) is 0 Å². The minimum absolute atomic E-state index is 0.0204. The van der Waals surface area contributed by atoms with Gasteiger partial charge in [-0.15, -0.1) is 0 Å². The first-order valence-corrected chi connectivity index (χ1v) is 9.12. The summed E-state index contributed by atoms with van der Waals surface area (Å²) in [5.41, 5.74) is 0.230. The molecule has 0 heterocycles. The van der Waals surface area contributed by atoms with Gasteiger partial charge in [-0.2, -0.15) is 0 Å². The lowest BCUT2D eigenvalue weighted by Crippen LogP contribution is -2.20. The van der Waals surface area contributed by atoms with Crippen molar-refractivity contribution in [2.45, 2.75) is 39.0 Å². The van der Waals surface area contributed by atoms with Crippen LogP contribution in [-0.2, 0) is 13.8 Å². The Morgan fingerprint density at radius 1 is 1.29 bits per heavy atom. The Hall–Kier alpha value is -0.490. The van der Waals surface area contributed by atoms with Crippen molar-refractivity contribution >= 4 is 54.5 Å². The molecule has 0 aliphatic rings. The molecule has 21 heavy (non-hydrogen) atoms. The Bertz CT molecular complexity index is 679. The number of amides is 1. The van der Waals surface area contributed by atoms with Crippen LogP contribution in [0.5, 0.6) is 0 Å². The molecule has 0 bridgehead atoms. The minimum atomic E-state index is -3.96. The topological polar surface area (TPSA) is 63.2 Å². The van der Waals surface area contributed by atoms with Crippen LogP contribution in [0.1, 0.15) is 32.8 Å². The monoisotopic (exact) mass is 371 g/mol. The number of rotatable bonds is 3. The van der Waals surface area contributed by atoms with Gasteiger partial charge in [-0.05, 0) is 24.0 Å². The highest BCUT2D eigenvalue weighted by atomic mass is 35.7. The van der Waals surface area contributed by atoms with Crippen LogP contribution in [0.4, 0.5) is 5.69 Å². The molecule has 0 radical (unpaired) electrons. The van der Waals surface area contributed by atoms with Crippen molar-refractivity contribution in [2.24, 2.45) is 5.41 Å². The standard InChI is InChI=1S/C13H16Cl3NO3S/c1-7-9(21(16,19)20)5-8(14)12(11(7)15)17-10(18)6-13(2,3)4/h5H,6H2,1-4H3,(H,17,18). The van der Waals surface area contributed by atoms with Gasteiger partial charge in [-0.1, -0.05) is 44.0 Å². The third-order valence-corrected chi connectivity index (χ3v) is 4.85. The molecule has 0 aliphatic carbocycles. The van der Waals surface area contributed by atoms with Crippen LogP contribution in [0.2, 0.25) is 10.0 Å². The number of nitrogens with one attached hydrogen (secondary N) is 1. The van der Waals surface area contributed by atoms with E-state index in [1.54, 1.807) is 0 Å². The van der Waals surface area contributed by atoms with Crippen molar-refractivity contribution in [1.82, 2.24) is 0 Å². The van der Waals surface area contributed by atoms with Crippen LogP contribution in [0.25, 0.3) is 0 Å². The van der Waals surface area contributed by atoms with Crippen LogP contribution in [-0.4, -0.2) is 14.3 Å². The lowest BCUT2D eigenvalue weighted by molar-refractivity contribution is -0.117. The average Bonchev–Trinajstić information content (AvgIpc) is 2.25. The van der Waals surface area contributed by atoms with Crippen molar-refractivity contribution in [3.8, 4) is 0 Å². The Morgan fingerprint density at radius 3 is 2.24 bits per heavy atom. The summed E-state index contributed by atoms with van der Waals surface area (Å²) in [5.74, 6) is -0.257. The molecule has 4 nitrogen and oxygen atoms in total. The zero-order chi connectivity index (χ0) is 16.6. The highest BCUT2D eigenvalue weighted by molar-refractivity contribution is 8.13. The van der Waals surface area contributed by atoms with E-state index in [1.165, 1.54) is 13.0 Å². The Kier molecular flexibility index (Phi) is 5.59. The second kappa shape index (κ2) is 6.32. The summed E-state index contributed by atoms with van der Waals surface area (Å²) in [6, 6.07) is 1.18. The molecule has 1 aromatic carbocycles.